The van der Waals surface area contributed by atoms with Gasteiger partial charge >= 0.3 is 12.4 Å². The number of likely N-dealkylation sites (tertiary alicyclic amines) is 1. The van der Waals surface area contributed by atoms with E-state index in [2.05, 4.69) is 10.2 Å². The lowest BCUT2D eigenvalue weighted by Gasteiger charge is -2.32. The first-order chi connectivity index (χ1) is 14.9. The van der Waals surface area contributed by atoms with Gasteiger partial charge in [0.25, 0.3) is 0 Å². The monoisotopic (exact) mass is 465 g/mol. The lowest BCUT2D eigenvalue weighted by Crippen LogP contribution is -2.47. The number of carbonyl (C=O) groups excluding carboxylic acids is 1. The third kappa shape index (κ3) is 6.46. The molecule has 1 aromatic carbocycles. The molecule has 2 N–H and O–H groups in total. The summed E-state index contributed by atoms with van der Waals surface area (Å²) in [5, 5.41) is 12.2. The van der Waals surface area contributed by atoms with Gasteiger partial charge in [-0.2, -0.15) is 26.3 Å². The lowest BCUT2D eigenvalue weighted by molar-refractivity contribution is -0.143. The zero-order valence-electron chi connectivity index (χ0n) is 17.2. The number of benzene rings is 1. The van der Waals surface area contributed by atoms with Crippen molar-refractivity contribution < 1.29 is 36.2 Å². The predicted molar refractivity (Wildman–Crippen MR) is 104 cm³/mol. The molecule has 178 valence electrons. The van der Waals surface area contributed by atoms with Crippen LogP contribution in [0.4, 0.5) is 26.3 Å². The molecule has 0 bridgehead atoms. The third-order valence-corrected chi connectivity index (χ3v) is 5.62. The zero-order chi connectivity index (χ0) is 23.5. The van der Waals surface area contributed by atoms with Crippen LogP contribution in [0, 0.1) is 0 Å². The van der Waals surface area contributed by atoms with E-state index in [-0.39, 0.29) is 17.7 Å². The summed E-state index contributed by atoms with van der Waals surface area (Å²) in [4.78, 5) is 16.6. The number of alkyl halides is 6. The van der Waals surface area contributed by atoms with Crippen LogP contribution in [0.2, 0.25) is 0 Å². The largest absolute Gasteiger partial charge is 0.416 e. The number of rotatable bonds is 6. The van der Waals surface area contributed by atoms with Gasteiger partial charge in [-0.15, -0.1) is 0 Å². The first-order valence-corrected chi connectivity index (χ1v) is 10.3. The van der Waals surface area contributed by atoms with Crippen molar-refractivity contribution in [2.24, 2.45) is 0 Å². The maximum absolute atomic E-state index is 13.0. The number of amides is 1. The van der Waals surface area contributed by atoms with Crippen molar-refractivity contribution in [1.82, 2.24) is 15.1 Å². The molecular formula is C21H25F6N3O2. The summed E-state index contributed by atoms with van der Waals surface area (Å²) in [6.07, 6.45) is -5.14. The Kier molecular flexibility index (Phi) is 7.51. The molecule has 0 saturated carbocycles. The van der Waals surface area contributed by atoms with Crippen molar-refractivity contribution in [3.63, 3.8) is 0 Å². The van der Waals surface area contributed by atoms with E-state index in [1.807, 2.05) is 4.90 Å². The highest BCUT2D eigenvalue weighted by Crippen LogP contribution is 2.36. The molecule has 0 radical (unpaired) electrons. The first-order valence-electron chi connectivity index (χ1n) is 10.3. The van der Waals surface area contributed by atoms with E-state index in [9.17, 15) is 36.2 Å². The summed E-state index contributed by atoms with van der Waals surface area (Å²) in [6.45, 7) is 2.66. The van der Waals surface area contributed by atoms with Crippen molar-refractivity contribution in [1.29, 1.82) is 0 Å². The number of aliphatic hydroxyl groups excluding tert-OH is 1. The quantitative estimate of drug-likeness (QED) is 0.501. The van der Waals surface area contributed by atoms with E-state index >= 15 is 0 Å². The normalized spacial score (nSPS) is 23.0. The molecule has 1 fully saturated rings. The van der Waals surface area contributed by atoms with E-state index in [0.29, 0.717) is 38.3 Å². The predicted octanol–water partition coefficient (Wildman–Crippen LogP) is 3.04. The maximum Gasteiger partial charge on any atom is 0.416 e. The van der Waals surface area contributed by atoms with Gasteiger partial charge in [0.2, 0.25) is 5.91 Å². The minimum atomic E-state index is -4.94. The van der Waals surface area contributed by atoms with Crippen LogP contribution >= 0.6 is 0 Å². The second-order valence-corrected chi connectivity index (χ2v) is 8.10. The summed E-state index contributed by atoms with van der Waals surface area (Å²) in [7, 11) is 0. The fraction of sp³-hybridized carbons (Fsp3) is 0.571. The molecule has 2 aliphatic rings. The fourth-order valence-corrected chi connectivity index (χ4v) is 3.96. The van der Waals surface area contributed by atoms with Gasteiger partial charge in [0.05, 0.1) is 17.2 Å². The van der Waals surface area contributed by atoms with E-state index < -0.39 is 42.0 Å². The highest BCUT2D eigenvalue weighted by Gasteiger charge is 2.37. The highest BCUT2D eigenvalue weighted by atomic mass is 19.4. The number of nitrogens with zero attached hydrogens (tertiary/aromatic N) is 2. The molecule has 0 spiro atoms. The summed E-state index contributed by atoms with van der Waals surface area (Å²) in [5.74, 6) is -0.497. The number of hydrogen-bond acceptors (Lipinski definition) is 4. The molecule has 0 aromatic heterocycles. The standard InChI is InChI=1S/C21H25F6N3O2/c22-20(23,24)15-9-14(10-16(11-15)21(25,26)27)12-28-19(32)18-4-2-6-30(18)8-7-29-5-1-3-17(31)13-29/h2,4,9-11,17-18,31H,1,3,5-8,12-13H2,(H,28,32)/t17?,18-/m0/s1. The van der Waals surface area contributed by atoms with Crippen LogP contribution in [0.15, 0.2) is 30.4 Å². The number of β-amino-alcohol motifs (C(OH)–C–C–N with tert-alkyl or cyclic N) is 1. The molecule has 11 heteroatoms. The van der Waals surface area contributed by atoms with E-state index in [1.54, 1.807) is 12.2 Å². The number of hydrogen-bond donors (Lipinski definition) is 2. The molecule has 5 nitrogen and oxygen atoms in total. The summed E-state index contributed by atoms with van der Waals surface area (Å²) in [5.41, 5.74) is -3.11. The van der Waals surface area contributed by atoms with Gasteiger partial charge in [0.1, 0.15) is 6.04 Å². The van der Waals surface area contributed by atoms with Crippen molar-refractivity contribution >= 4 is 5.91 Å². The molecule has 2 atom stereocenters. The van der Waals surface area contributed by atoms with Crippen molar-refractivity contribution in [2.45, 2.75) is 43.9 Å². The van der Waals surface area contributed by atoms with Crippen molar-refractivity contribution in [3.05, 3.63) is 47.0 Å². The minimum Gasteiger partial charge on any atom is -0.392 e. The maximum atomic E-state index is 13.0. The van der Waals surface area contributed by atoms with Crippen molar-refractivity contribution in [3.8, 4) is 0 Å². The van der Waals surface area contributed by atoms with Gasteiger partial charge in [-0.05, 0) is 43.1 Å². The van der Waals surface area contributed by atoms with Gasteiger partial charge in [-0.25, -0.2) is 0 Å². The van der Waals surface area contributed by atoms with Gasteiger partial charge < -0.3 is 10.4 Å². The van der Waals surface area contributed by atoms with E-state index in [0.717, 1.165) is 19.4 Å². The van der Waals surface area contributed by atoms with Gasteiger partial charge in [0, 0.05) is 32.7 Å². The Bertz CT molecular complexity index is 808. The molecule has 2 heterocycles. The minimum absolute atomic E-state index is 0.0598. The van der Waals surface area contributed by atoms with Crippen LogP contribution in [-0.4, -0.2) is 65.7 Å². The molecule has 2 aliphatic heterocycles. The van der Waals surface area contributed by atoms with Gasteiger partial charge in [-0.1, -0.05) is 12.2 Å². The SMILES string of the molecule is O=C(NCc1cc(C(F)(F)F)cc(C(F)(F)F)c1)[C@@H]1C=CCN1CCN1CCCC(O)C1. The van der Waals surface area contributed by atoms with Crippen LogP contribution in [0.25, 0.3) is 0 Å². The van der Waals surface area contributed by atoms with E-state index in [4.69, 9.17) is 0 Å². The number of nitrogens with one attached hydrogen (secondary N) is 1. The Morgan fingerprint density at radius 1 is 1.06 bits per heavy atom. The highest BCUT2D eigenvalue weighted by molar-refractivity contribution is 5.84. The zero-order valence-corrected chi connectivity index (χ0v) is 17.2. The lowest BCUT2D eigenvalue weighted by atomic mass is 10.0. The summed E-state index contributed by atoms with van der Waals surface area (Å²) in [6, 6.07) is 0.626. The molecule has 32 heavy (non-hydrogen) atoms. The van der Waals surface area contributed by atoms with E-state index in [1.165, 1.54) is 0 Å². The smallest absolute Gasteiger partial charge is 0.392 e. The van der Waals surface area contributed by atoms with Gasteiger partial charge in [0.15, 0.2) is 0 Å². The molecule has 1 aromatic rings. The number of carbonyl (C=O) groups is 1. The third-order valence-electron chi connectivity index (χ3n) is 5.62. The Morgan fingerprint density at radius 2 is 1.72 bits per heavy atom. The summed E-state index contributed by atoms with van der Waals surface area (Å²) < 4.78 is 78.0. The molecule has 1 amide bonds. The molecule has 3 rings (SSSR count). The number of piperidine rings is 1. The van der Waals surface area contributed by atoms with Crippen LogP contribution in [0.1, 0.15) is 29.5 Å². The molecular weight excluding hydrogens is 440 g/mol. The number of halogens is 6. The Hall–Kier alpha value is -2.11. The van der Waals surface area contributed by atoms with Crippen LogP contribution in [0.3, 0.4) is 0 Å². The Labute approximate surface area is 181 Å². The summed E-state index contributed by atoms with van der Waals surface area (Å²) >= 11 is 0. The first kappa shape index (κ1) is 24.5. The second kappa shape index (κ2) is 9.80. The Balaban J connectivity index is 1.61. The average molecular weight is 465 g/mol. The molecule has 1 saturated heterocycles. The van der Waals surface area contributed by atoms with Crippen LogP contribution in [0.5, 0.6) is 0 Å². The van der Waals surface area contributed by atoms with Crippen LogP contribution in [-0.2, 0) is 23.7 Å². The van der Waals surface area contributed by atoms with Gasteiger partial charge in [-0.3, -0.25) is 14.6 Å². The Morgan fingerprint density at radius 3 is 2.31 bits per heavy atom. The fourth-order valence-electron chi connectivity index (χ4n) is 3.96. The van der Waals surface area contributed by atoms with Crippen LogP contribution < -0.4 is 5.32 Å². The second-order valence-electron chi connectivity index (χ2n) is 8.10. The topological polar surface area (TPSA) is 55.8 Å². The molecule has 1 unspecified atom stereocenters. The average Bonchev–Trinajstić information content (AvgIpc) is 3.18. The number of aliphatic hydroxyl groups is 1. The van der Waals surface area contributed by atoms with Crippen molar-refractivity contribution in [2.75, 3.05) is 32.7 Å². The molecule has 0 aliphatic carbocycles.